The number of allylic oxidation sites excluding steroid dienone is 2. The molecule has 2 aromatic carbocycles. The van der Waals surface area contributed by atoms with Gasteiger partial charge in [-0.3, -0.25) is 4.79 Å². The maximum absolute atomic E-state index is 11.6. The van der Waals surface area contributed by atoms with Crippen molar-refractivity contribution in [3.05, 3.63) is 72.3 Å². The number of nitrogens with zero attached hydrogens (tertiary/aromatic N) is 4. The second kappa shape index (κ2) is 11.9. The van der Waals surface area contributed by atoms with Crippen molar-refractivity contribution in [1.82, 2.24) is 14.9 Å². The first-order chi connectivity index (χ1) is 17.3. The molecule has 0 atom stereocenters. The standard InChI is InChI=1S/C27H32N6O3/c1-8-23(31-25(9-2)36-7)19-12-20-15-28-27(32-26(20)24(13-19)35-6)30-22-11-18(16-33(4)5)10-21(14-22)29-17(3)34/h8-15H,1,16H2,2-7H3,(H,29,34)(H,28,30,32)/b25-9+,31-23+. The largest absolute Gasteiger partial charge is 0.494 e. The summed E-state index contributed by atoms with van der Waals surface area (Å²) in [6.07, 6.45) is 5.16. The normalized spacial score (nSPS) is 12.0. The zero-order valence-electron chi connectivity index (χ0n) is 21.5. The highest BCUT2D eigenvalue weighted by molar-refractivity contribution is 6.11. The lowest BCUT2D eigenvalue weighted by Gasteiger charge is -2.15. The van der Waals surface area contributed by atoms with E-state index in [1.807, 2.05) is 51.4 Å². The number of fused-ring (bicyclic) bond motifs is 1. The van der Waals surface area contributed by atoms with Crippen molar-refractivity contribution in [2.24, 2.45) is 4.99 Å². The van der Waals surface area contributed by atoms with Gasteiger partial charge in [-0.25, -0.2) is 15.0 Å². The fraction of sp³-hybridized carbons (Fsp3) is 0.259. The smallest absolute Gasteiger partial charge is 0.227 e. The summed E-state index contributed by atoms with van der Waals surface area (Å²) in [6, 6.07) is 9.57. The maximum Gasteiger partial charge on any atom is 0.227 e. The van der Waals surface area contributed by atoms with Crippen molar-refractivity contribution >= 4 is 39.8 Å². The van der Waals surface area contributed by atoms with Crippen LogP contribution < -0.4 is 15.4 Å². The zero-order chi connectivity index (χ0) is 26.2. The lowest BCUT2D eigenvalue weighted by atomic mass is 10.1. The van der Waals surface area contributed by atoms with E-state index in [0.29, 0.717) is 41.0 Å². The molecule has 0 aliphatic heterocycles. The van der Waals surface area contributed by atoms with E-state index in [0.717, 1.165) is 22.2 Å². The summed E-state index contributed by atoms with van der Waals surface area (Å²) >= 11 is 0. The highest BCUT2D eigenvalue weighted by Crippen LogP contribution is 2.29. The van der Waals surface area contributed by atoms with E-state index in [9.17, 15) is 4.79 Å². The van der Waals surface area contributed by atoms with Gasteiger partial charge < -0.3 is 25.0 Å². The average molecular weight is 489 g/mol. The Balaban J connectivity index is 2.01. The number of aromatic nitrogens is 2. The van der Waals surface area contributed by atoms with Crippen LogP contribution in [0.4, 0.5) is 17.3 Å². The van der Waals surface area contributed by atoms with Crippen LogP contribution in [0, 0.1) is 0 Å². The molecule has 9 heteroatoms. The minimum atomic E-state index is -0.139. The van der Waals surface area contributed by atoms with Crippen molar-refractivity contribution in [1.29, 1.82) is 0 Å². The molecule has 188 valence electrons. The van der Waals surface area contributed by atoms with Crippen LogP contribution in [0.15, 0.2) is 66.1 Å². The van der Waals surface area contributed by atoms with Gasteiger partial charge >= 0.3 is 0 Å². The molecule has 2 N–H and O–H groups in total. The summed E-state index contributed by atoms with van der Waals surface area (Å²) in [5.41, 5.74) is 4.56. The Morgan fingerprint density at radius 3 is 2.53 bits per heavy atom. The molecular weight excluding hydrogens is 456 g/mol. The molecule has 0 saturated heterocycles. The molecule has 1 heterocycles. The third-order valence-corrected chi connectivity index (χ3v) is 5.11. The minimum absolute atomic E-state index is 0.139. The van der Waals surface area contributed by atoms with E-state index in [1.54, 1.807) is 32.6 Å². The van der Waals surface area contributed by atoms with Crippen molar-refractivity contribution in [2.75, 3.05) is 38.9 Å². The summed E-state index contributed by atoms with van der Waals surface area (Å²) in [7, 11) is 7.14. The molecule has 1 aromatic heterocycles. The molecule has 0 radical (unpaired) electrons. The minimum Gasteiger partial charge on any atom is -0.494 e. The van der Waals surface area contributed by atoms with E-state index < -0.39 is 0 Å². The Morgan fingerprint density at radius 1 is 1.17 bits per heavy atom. The number of carbonyl (C=O) groups is 1. The third-order valence-electron chi connectivity index (χ3n) is 5.11. The SMILES string of the molecule is C=C/C(=N\C(=C/C)OC)c1cc(OC)c2nc(Nc3cc(CN(C)C)cc(NC(C)=O)c3)ncc2c1. The topological polar surface area (TPSA) is 101 Å². The van der Waals surface area contributed by atoms with Crippen LogP contribution in [0.25, 0.3) is 10.9 Å². The Kier molecular flexibility index (Phi) is 8.75. The van der Waals surface area contributed by atoms with Crippen LogP contribution in [0.5, 0.6) is 5.75 Å². The fourth-order valence-electron chi connectivity index (χ4n) is 3.68. The van der Waals surface area contributed by atoms with Crippen LogP contribution >= 0.6 is 0 Å². The van der Waals surface area contributed by atoms with Gasteiger partial charge in [-0.15, -0.1) is 0 Å². The molecule has 0 spiro atoms. The number of nitrogens with one attached hydrogen (secondary N) is 2. The van der Waals surface area contributed by atoms with Gasteiger partial charge in [-0.2, -0.15) is 0 Å². The zero-order valence-corrected chi connectivity index (χ0v) is 21.5. The number of benzene rings is 2. The first kappa shape index (κ1) is 26.4. The number of ether oxygens (including phenoxy) is 2. The van der Waals surface area contributed by atoms with Gasteiger partial charge in [0.05, 0.1) is 19.9 Å². The van der Waals surface area contributed by atoms with Gasteiger partial charge in [0.1, 0.15) is 11.3 Å². The molecule has 0 fully saturated rings. The number of hydrogen-bond acceptors (Lipinski definition) is 8. The van der Waals surface area contributed by atoms with Gasteiger partial charge in [0.2, 0.25) is 17.7 Å². The predicted molar refractivity (Wildman–Crippen MR) is 145 cm³/mol. The molecule has 0 unspecified atom stereocenters. The first-order valence-electron chi connectivity index (χ1n) is 11.4. The molecule has 1 amide bonds. The molecule has 9 nitrogen and oxygen atoms in total. The molecule has 3 rings (SSSR count). The van der Waals surface area contributed by atoms with Crippen molar-refractivity contribution in [2.45, 2.75) is 20.4 Å². The molecule has 0 aliphatic rings. The number of aliphatic imine (C=N–C) groups is 1. The van der Waals surface area contributed by atoms with Gasteiger partial charge in [0.15, 0.2) is 0 Å². The molecule has 3 aromatic rings. The van der Waals surface area contributed by atoms with E-state index in [1.165, 1.54) is 6.92 Å². The van der Waals surface area contributed by atoms with Crippen molar-refractivity contribution < 1.29 is 14.3 Å². The summed E-state index contributed by atoms with van der Waals surface area (Å²) in [5.74, 6) is 1.31. The van der Waals surface area contributed by atoms with E-state index in [4.69, 9.17) is 14.5 Å². The number of hydrogen-bond donors (Lipinski definition) is 2. The monoisotopic (exact) mass is 488 g/mol. The quantitative estimate of drug-likeness (QED) is 0.310. The second-order valence-electron chi connectivity index (χ2n) is 8.30. The fourth-order valence-corrected chi connectivity index (χ4v) is 3.68. The van der Waals surface area contributed by atoms with E-state index >= 15 is 0 Å². The van der Waals surface area contributed by atoms with E-state index in [2.05, 4.69) is 32.1 Å². The van der Waals surface area contributed by atoms with Gasteiger partial charge in [-0.05, 0) is 69.1 Å². The second-order valence-corrected chi connectivity index (χ2v) is 8.30. The highest BCUT2D eigenvalue weighted by atomic mass is 16.5. The van der Waals surface area contributed by atoms with Crippen LogP contribution in [-0.4, -0.2) is 54.8 Å². The molecule has 36 heavy (non-hydrogen) atoms. The van der Waals surface area contributed by atoms with Gasteiger partial charge in [0, 0.05) is 42.0 Å². The van der Waals surface area contributed by atoms with Crippen LogP contribution in [0.1, 0.15) is 25.0 Å². The molecule has 0 bridgehead atoms. The first-order valence-corrected chi connectivity index (χ1v) is 11.4. The lowest BCUT2D eigenvalue weighted by Crippen LogP contribution is -2.12. The molecule has 0 aliphatic carbocycles. The van der Waals surface area contributed by atoms with E-state index in [-0.39, 0.29) is 5.91 Å². The lowest BCUT2D eigenvalue weighted by molar-refractivity contribution is -0.114. The number of anilines is 3. The third kappa shape index (κ3) is 6.67. The summed E-state index contributed by atoms with van der Waals surface area (Å²) in [5, 5.41) is 6.88. The van der Waals surface area contributed by atoms with Crippen LogP contribution in [-0.2, 0) is 16.1 Å². The van der Waals surface area contributed by atoms with Gasteiger partial charge in [-0.1, -0.05) is 6.58 Å². The van der Waals surface area contributed by atoms with Crippen LogP contribution in [0.3, 0.4) is 0 Å². The predicted octanol–water partition coefficient (Wildman–Crippen LogP) is 4.88. The summed E-state index contributed by atoms with van der Waals surface area (Å²) in [4.78, 5) is 27.4. The number of carbonyl (C=O) groups excluding carboxylic acids is 1. The molecular formula is C27H32N6O3. The number of methoxy groups -OCH3 is 2. The van der Waals surface area contributed by atoms with Gasteiger partial charge in [0.25, 0.3) is 0 Å². The Bertz CT molecular complexity index is 1330. The summed E-state index contributed by atoms with van der Waals surface area (Å²) < 4.78 is 10.9. The maximum atomic E-state index is 11.6. The Labute approximate surface area is 211 Å². The Hall–Kier alpha value is -4.24. The summed E-state index contributed by atoms with van der Waals surface area (Å²) in [6.45, 7) is 7.92. The Morgan fingerprint density at radius 2 is 1.92 bits per heavy atom. The number of amides is 1. The molecule has 0 saturated carbocycles. The highest BCUT2D eigenvalue weighted by Gasteiger charge is 2.12. The van der Waals surface area contributed by atoms with Crippen molar-refractivity contribution in [3.8, 4) is 5.75 Å². The average Bonchev–Trinajstić information content (AvgIpc) is 2.83. The van der Waals surface area contributed by atoms with Crippen molar-refractivity contribution in [3.63, 3.8) is 0 Å². The van der Waals surface area contributed by atoms with Crippen LogP contribution in [0.2, 0.25) is 0 Å². The number of rotatable bonds is 10.